The van der Waals surface area contributed by atoms with E-state index in [2.05, 4.69) is 0 Å². The molecule has 1 aliphatic heterocycles. The van der Waals surface area contributed by atoms with E-state index in [1.807, 2.05) is 0 Å². The number of aliphatic carboxylic acids is 1. The van der Waals surface area contributed by atoms with Crippen molar-refractivity contribution in [3.8, 4) is 0 Å². The number of carbonyl (C=O) groups excluding carboxylic acids is 1. The number of nitrogens with zero attached hydrogens (tertiary/aromatic N) is 1. The molecule has 1 aromatic carbocycles. The molecule has 1 N–H and O–H groups in total. The molecule has 7 heteroatoms. The summed E-state index contributed by atoms with van der Waals surface area (Å²) in [6.45, 7) is 1.84. The Kier molecular flexibility index (Phi) is 4.32. The van der Waals surface area contributed by atoms with Crippen LogP contribution < -0.4 is 0 Å². The van der Waals surface area contributed by atoms with Gasteiger partial charge < -0.3 is 10.0 Å². The van der Waals surface area contributed by atoms with Crippen molar-refractivity contribution in [1.82, 2.24) is 4.90 Å². The van der Waals surface area contributed by atoms with Crippen LogP contribution in [0.1, 0.15) is 30.1 Å². The van der Waals surface area contributed by atoms with Crippen molar-refractivity contribution in [3.05, 3.63) is 29.8 Å². The topological polar surface area (TPSA) is 91.8 Å². The van der Waals surface area contributed by atoms with Gasteiger partial charge in [0.25, 0.3) is 5.91 Å². The van der Waals surface area contributed by atoms with E-state index < -0.39 is 27.8 Å². The largest absolute Gasteiger partial charge is 0.480 e. The maximum absolute atomic E-state index is 12.5. The molecular formula is C14H17NO5S. The van der Waals surface area contributed by atoms with E-state index in [9.17, 15) is 18.0 Å². The molecule has 21 heavy (non-hydrogen) atoms. The molecule has 114 valence electrons. The number of rotatable bonds is 4. The minimum atomic E-state index is -3.54. The monoisotopic (exact) mass is 311 g/mol. The first-order valence-electron chi connectivity index (χ1n) is 6.74. The highest BCUT2D eigenvalue weighted by Crippen LogP contribution is 2.24. The number of sulfone groups is 1. The van der Waals surface area contributed by atoms with E-state index in [-0.39, 0.29) is 16.2 Å². The van der Waals surface area contributed by atoms with Crippen LogP contribution in [-0.2, 0) is 14.6 Å². The molecule has 1 atom stereocenters. The highest BCUT2D eigenvalue weighted by Gasteiger charge is 2.36. The van der Waals surface area contributed by atoms with E-state index in [4.69, 9.17) is 5.11 Å². The van der Waals surface area contributed by atoms with Crippen molar-refractivity contribution >= 4 is 21.7 Å². The number of hydrogen-bond acceptors (Lipinski definition) is 4. The number of carboxylic acids is 1. The molecule has 1 aromatic rings. The van der Waals surface area contributed by atoms with E-state index in [1.165, 1.54) is 24.0 Å². The van der Waals surface area contributed by atoms with E-state index in [0.717, 1.165) is 0 Å². The quantitative estimate of drug-likeness (QED) is 0.901. The summed E-state index contributed by atoms with van der Waals surface area (Å²) in [6.07, 6.45) is 0.995. The van der Waals surface area contributed by atoms with Gasteiger partial charge in [0.2, 0.25) is 0 Å². The Morgan fingerprint density at radius 1 is 1.33 bits per heavy atom. The Bertz CT molecular complexity index is 668. The SMILES string of the molecule is CCS(=O)(=O)c1ccccc1C(=O)N1CCCC1C(=O)O. The molecule has 0 saturated carbocycles. The smallest absolute Gasteiger partial charge is 0.326 e. The minimum absolute atomic E-state index is 0.0338. The van der Waals surface area contributed by atoms with Crippen molar-refractivity contribution < 1.29 is 23.1 Å². The number of amides is 1. The third-order valence-corrected chi connectivity index (χ3v) is 5.42. The summed E-state index contributed by atoms with van der Waals surface area (Å²) in [5, 5.41) is 9.14. The fraction of sp³-hybridized carbons (Fsp3) is 0.429. The van der Waals surface area contributed by atoms with Gasteiger partial charge in [-0.25, -0.2) is 13.2 Å². The maximum atomic E-state index is 12.5. The second-order valence-corrected chi connectivity index (χ2v) is 7.14. The van der Waals surface area contributed by atoms with Crippen LogP contribution in [0.15, 0.2) is 29.2 Å². The fourth-order valence-corrected chi connectivity index (χ4v) is 3.58. The molecule has 1 aliphatic rings. The van der Waals surface area contributed by atoms with Gasteiger partial charge in [-0.3, -0.25) is 4.79 Å². The third-order valence-electron chi connectivity index (χ3n) is 3.63. The van der Waals surface area contributed by atoms with Crippen LogP contribution in [0.3, 0.4) is 0 Å². The lowest BCUT2D eigenvalue weighted by atomic mass is 10.1. The lowest BCUT2D eigenvalue weighted by molar-refractivity contribution is -0.141. The molecule has 1 saturated heterocycles. The van der Waals surface area contributed by atoms with Crippen LogP contribution in [0.5, 0.6) is 0 Å². The van der Waals surface area contributed by atoms with Crippen molar-refractivity contribution in [1.29, 1.82) is 0 Å². The highest BCUT2D eigenvalue weighted by atomic mass is 32.2. The Labute approximate surface area is 123 Å². The summed E-state index contributed by atoms with van der Waals surface area (Å²) in [5.41, 5.74) is 0.0486. The zero-order chi connectivity index (χ0) is 15.6. The van der Waals surface area contributed by atoms with Gasteiger partial charge in [-0.1, -0.05) is 19.1 Å². The van der Waals surface area contributed by atoms with Crippen LogP contribution in [0.25, 0.3) is 0 Å². The number of benzene rings is 1. The number of hydrogen-bond donors (Lipinski definition) is 1. The highest BCUT2D eigenvalue weighted by molar-refractivity contribution is 7.91. The predicted molar refractivity (Wildman–Crippen MR) is 75.9 cm³/mol. The van der Waals surface area contributed by atoms with Gasteiger partial charge in [0.05, 0.1) is 16.2 Å². The van der Waals surface area contributed by atoms with Crippen LogP contribution in [0.2, 0.25) is 0 Å². The van der Waals surface area contributed by atoms with Gasteiger partial charge in [-0.15, -0.1) is 0 Å². The average Bonchev–Trinajstić information content (AvgIpc) is 2.96. The molecule has 0 aromatic heterocycles. The summed E-state index contributed by atoms with van der Waals surface area (Å²) in [4.78, 5) is 24.9. The van der Waals surface area contributed by atoms with Gasteiger partial charge in [0, 0.05) is 6.54 Å². The molecule has 0 spiro atoms. The van der Waals surface area contributed by atoms with Crippen molar-refractivity contribution in [2.24, 2.45) is 0 Å². The molecule has 0 radical (unpaired) electrons. The van der Waals surface area contributed by atoms with E-state index in [1.54, 1.807) is 12.1 Å². The van der Waals surface area contributed by atoms with Crippen LogP contribution in [-0.4, -0.2) is 48.6 Å². The van der Waals surface area contributed by atoms with E-state index >= 15 is 0 Å². The molecule has 1 amide bonds. The van der Waals surface area contributed by atoms with Gasteiger partial charge in [0.1, 0.15) is 6.04 Å². The second-order valence-electron chi connectivity index (χ2n) is 4.89. The van der Waals surface area contributed by atoms with Crippen LogP contribution >= 0.6 is 0 Å². The molecule has 1 unspecified atom stereocenters. The average molecular weight is 311 g/mol. The van der Waals surface area contributed by atoms with Crippen molar-refractivity contribution in [2.45, 2.75) is 30.7 Å². The summed E-state index contributed by atoms with van der Waals surface area (Å²) in [6, 6.07) is 5.07. The Morgan fingerprint density at radius 2 is 2.00 bits per heavy atom. The normalized spacial score (nSPS) is 18.7. The molecule has 1 fully saturated rings. The summed E-state index contributed by atoms with van der Waals surface area (Å²) in [5.74, 6) is -1.70. The van der Waals surface area contributed by atoms with Crippen LogP contribution in [0.4, 0.5) is 0 Å². The molecule has 1 heterocycles. The first kappa shape index (κ1) is 15.5. The second kappa shape index (κ2) is 5.85. The molecule has 6 nitrogen and oxygen atoms in total. The van der Waals surface area contributed by atoms with E-state index in [0.29, 0.717) is 19.4 Å². The standard InChI is InChI=1S/C14H17NO5S/c1-2-21(19,20)12-8-4-3-6-10(12)13(16)15-9-5-7-11(15)14(17)18/h3-4,6,8,11H,2,5,7,9H2,1H3,(H,17,18). The summed E-state index contributed by atoms with van der Waals surface area (Å²) in [7, 11) is -3.54. The number of likely N-dealkylation sites (tertiary alicyclic amines) is 1. The van der Waals surface area contributed by atoms with Gasteiger partial charge >= 0.3 is 5.97 Å². The fourth-order valence-electron chi connectivity index (χ4n) is 2.49. The zero-order valence-corrected chi connectivity index (χ0v) is 12.5. The maximum Gasteiger partial charge on any atom is 0.326 e. The molecule has 0 aliphatic carbocycles. The van der Waals surface area contributed by atoms with Gasteiger partial charge in [-0.2, -0.15) is 0 Å². The van der Waals surface area contributed by atoms with Gasteiger partial charge in [-0.05, 0) is 25.0 Å². The number of carbonyl (C=O) groups is 2. The lowest BCUT2D eigenvalue weighted by Gasteiger charge is -2.22. The Morgan fingerprint density at radius 3 is 2.62 bits per heavy atom. The number of carboxylic acid groups (broad SMARTS) is 1. The molecule has 0 bridgehead atoms. The van der Waals surface area contributed by atoms with Crippen LogP contribution in [0, 0.1) is 0 Å². The van der Waals surface area contributed by atoms with Crippen molar-refractivity contribution in [3.63, 3.8) is 0 Å². The third kappa shape index (κ3) is 2.92. The lowest BCUT2D eigenvalue weighted by Crippen LogP contribution is -2.40. The first-order chi connectivity index (χ1) is 9.88. The first-order valence-corrected chi connectivity index (χ1v) is 8.39. The minimum Gasteiger partial charge on any atom is -0.480 e. The molecular weight excluding hydrogens is 294 g/mol. The summed E-state index contributed by atoms with van der Waals surface area (Å²) < 4.78 is 24.1. The molecule has 2 rings (SSSR count). The Hall–Kier alpha value is -1.89. The Balaban J connectivity index is 2.43. The predicted octanol–water partition coefficient (Wildman–Crippen LogP) is 1.17. The summed E-state index contributed by atoms with van der Waals surface area (Å²) >= 11 is 0. The zero-order valence-electron chi connectivity index (χ0n) is 11.7. The van der Waals surface area contributed by atoms with Gasteiger partial charge in [0.15, 0.2) is 9.84 Å². The van der Waals surface area contributed by atoms with Crippen molar-refractivity contribution in [2.75, 3.05) is 12.3 Å².